The predicted molar refractivity (Wildman–Crippen MR) is 78.0 cm³/mol. The summed E-state index contributed by atoms with van der Waals surface area (Å²) in [6.07, 6.45) is 6.40. The third-order valence-electron chi connectivity index (χ3n) is 2.83. The summed E-state index contributed by atoms with van der Waals surface area (Å²) in [6.45, 7) is 8.87. The lowest BCUT2D eigenvalue weighted by Gasteiger charge is -2.24. The number of nitrogens with one attached hydrogen (secondary N) is 2. The van der Waals surface area contributed by atoms with Crippen molar-refractivity contribution in [3.63, 3.8) is 0 Å². The van der Waals surface area contributed by atoms with E-state index in [2.05, 4.69) is 17.2 Å². The molecule has 0 aromatic carbocycles. The van der Waals surface area contributed by atoms with E-state index in [-0.39, 0.29) is 11.9 Å². The van der Waals surface area contributed by atoms with Gasteiger partial charge in [-0.2, -0.15) is 0 Å². The number of rotatable bonds is 3. The highest BCUT2D eigenvalue weighted by Crippen LogP contribution is 2.17. The van der Waals surface area contributed by atoms with Crippen molar-refractivity contribution in [3.05, 3.63) is 24.4 Å². The number of carbonyl (C=O) groups is 2. The van der Waals surface area contributed by atoms with Crippen LogP contribution in [-0.4, -0.2) is 23.6 Å². The minimum atomic E-state index is -0.546. The Balaban J connectivity index is 2.70. The van der Waals surface area contributed by atoms with Gasteiger partial charge in [0.15, 0.2) is 0 Å². The molecule has 0 fully saturated rings. The molecular weight excluding hydrogens is 256 g/mol. The molecule has 0 unspecified atom stereocenters. The van der Waals surface area contributed by atoms with Crippen LogP contribution < -0.4 is 10.6 Å². The highest BCUT2D eigenvalue weighted by Gasteiger charge is 2.22. The van der Waals surface area contributed by atoms with Crippen molar-refractivity contribution in [2.45, 2.75) is 58.1 Å². The first-order chi connectivity index (χ1) is 9.31. The summed E-state index contributed by atoms with van der Waals surface area (Å²) in [4.78, 5) is 23.3. The zero-order valence-electron chi connectivity index (χ0n) is 12.5. The van der Waals surface area contributed by atoms with Gasteiger partial charge in [0.1, 0.15) is 5.60 Å². The van der Waals surface area contributed by atoms with Gasteiger partial charge in [-0.3, -0.25) is 10.1 Å². The molecule has 1 atom stereocenters. The molecule has 0 saturated heterocycles. The van der Waals surface area contributed by atoms with E-state index in [1.807, 2.05) is 26.8 Å². The van der Waals surface area contributed by atoms with E-state index < -0.39 is 11.7 Å². The van der Waals surface area contributed by atoms with Crippen LogP contribution in [0.5, 0.6) is 0 Å². The summed E-state index contributed by atoms with van der Waals surface area (Å²) in [5.41, 5.74) is 0.154. The van der Waals surface area contributed by atoms with Crippen LogP contribution in [0.15, 0.2) is 24.4 Å². The van der Waals surface area contributed by atoms with E-state index in [0.29, 0.717) is 5.70 Å². The van der Waals surface area contributed by atoms with E-state index in [4.69, 9.17) is 4.74 Å². The van der Waals surface area contributed by atoms with E-state index in [1.165, 1.54) is 6.08 Å². The van der Waals surface area contributed by atoms with Gasteiger partial charge in [0.2, 0.25) is 5.91 Å². The second-order valence-electron chi connectivity index (χ2n) is 5.84. The van der Waals surface area contributed by atoms with Gasteiger partial charge in [-0.05, 0) is 46.1 Å². The van der Waals surface area contributed by atoms with Crippen molar-refractivity contribution < 1.29 is 14.3 Å². The largest absolute Gasteiger partial charge is 0.444 e. The molecule has 2 amide bonds. The molecule has 1 aliphatic rings. The average Bonchev–Trinajstić information content (AvgIpc) is 2.53. The first kappa shape index (κ1) is 16.3. The van der Waals surface area contributed by atoms with E-state index in [1.54, 1.807) is 0 Å². The average molecular weight is 280 g/mol. The Hall–Kier alpha value is -1.78. The highest BCUT2D eigenvalue weighted by molar-refractivity contribution is 5.87. The van der Waals surface area contributed by atoms with E-state index >= 15 is 0 Å². The molecule has 0 saturated carbocycles. The number of carbonyl (C=O) groups excluding carboxylic acids is 2. The topological polar surface area (TPSA) is 67.4 Å². The smallest absolute Gasteiger partial charge is 0.411 e. The van der Waals surface area contributed by atoms with Crippen molar-refractivity contribution in [2.75, 3.05) is 0 Å². The monoisotopic (exact) mass is 280 g/mol. The van der Waals surface area contributed by atoms with Gasteiger partial charge in [0.25, 0.3) is 0 Å². The zero-order valence-corrected chi connectivity index (χ0v) is 12.5. The Morgan fingerprint density at radius 1 is 1.40 bits per heavy atom. The maximum Gasteiger partial charge on any atom is 0.411 e. The molecule has 0 aliphatic heterocycles. The van der Waals surface area contributed by atoms with E-state index in [0.717, 1.165) is 25.7 Å². The maximum atomic E-state index is 11.8. The van der Waals surface area contributed by atoms with Crippen LogP contribution in [0.25, 0.3) is 0 Å². The third-order valence-corrected chi connectivity index (χ3v) is 2.83. The lowest BCUT2D eigenvalue weighted by atomic mass is 10.1. The molecule has 5 nitrogen and oxygen atoms in total. The number of alkyl carbamates (subject to hydrolysis) is 1. The Kier molecular flexibility index (Phi) is 5.80. The standard InChI is InChI=1S/C15H24N2O3/c1-5-13(18)16-11-9-7-6-8-10-12(11)17-14(19)20-15(2,3)4/h5,10-11H,1,6-9H2,2-4H3,(H,16,18)(H,17,19)/t11-/m0/s1. The molecule has 0 aromatic heterocycles. The first-order valence-corrected chi connectivity index (χ1v) is 6.95. The molecule has 2 N–H and O–H groups in total. The zero-order chi connectivity index (χ0) is 15.2. The second kappa shape index (κ2) is 7.12. The molecule has 20 heavy (non-hydrogen) atoms. The Labute approximate surface area is 120 Å². The number of hydrogen-bond acceptors (Lipinski definition) is 3. The van der Waals surface area contributed by atoms with Crippen LogP contribution >= 0.6 is 0 Å². The molecule has 1 aliphatic carbocycles. The fourth-order valence-corrected chi connectivity index (χ4v) is 1.99. The van der Waals surface area contributed by atoms with Crippen LogP contribution in [0.4, 0.5) is 4.79 Å². The fraction of sp³-hybridized carbons (Fsp3) is 0.600. The van der Waals surface area contributed by atoms with Gasteiger partial charge in [-0.15, -0.1) is 0 Å². The van der Waals surface area contributed by atoms with Crippen molar-refractivity contribution >= 4 is 12.0 Å². The lowest BCUT2D eigenvalue weighted by Crippen LogP contribution is -2.42. The van der Waals surface area contributed by atoms with Gasteiger partial charge >= 0.3 is 6.09 Å². The maximum absolute atomic E-state index is 11.8. The van der Waals surface area contributed by atoms with Gasteiger partial charge in [0, 0.05) is 5.70 Å². The van der Waals surface area contributed by atoms with Gasteiger partial charge in [0.05, 0.1) is 6.04 Å². The van der Waals surface area contributed by atoms with E-state index in [9.17, 15) is 9.59 Å². The van der Waals surface area contributed by atoms with Crippen LogP contribution in [-0.2, 0) is 9.53 Å². The lowest BCUT2D eigenvalue weighted by molar-refractivity contribution is -0.117. The molecule has 0 radical (unpaired) electrons. The molecule has 0 bridgehead atoms. The number of ether oxygens (including phenoxy) is 1. The third kappa shape index (κ3) is 5.91. The second-order valence-corrected chi connectivity index (χ2v) is 5.84. The van der Waals surface area contributed by atoms with Crippen molar-refractivity contribution in [2.24, 2.45) is 0 Å². The molecular formula is C15H24N2O3. The normalized spacial score (nSPS) is 19.4. The van der Waals surface area contributed by atoms with Crippen molar-refractivity contribution in [1.82, 2.24) is 10.6 Å². The minimum Gasteiger partial charge on any atom is -0.444 e. The molecule has 0 aromatic rings. The van der Waals surface area contributed by atoms with Crippen molar-refractivity contribution in [1.29, 1.82) is 0 Å². The van der Waals surface area contributed by atoms with Gasteiger partial charge in [-0.1, -0.05) is 19.1 Å². The number of allylic oxidation sites excluding steroid dienone is 1. The summed E-state index contributed by atoms with van der Waals surface area (Å²) < 4.78 is 5.24. The molecule has 1 rings (SSSR count). The Bertz CT molecular complexity index is 408. The molecule has 0 spiro atoms. The molecule has 112 valence electrons. The fourth-order valence-electron chi connectivity index (χ4n) is 1.99. The Morgan fingerprint density at radius 2 is 2.10 bits per heavy atom. The van der Waals surface area contributed by atoms with Gasteiger partial charge < -0.3 is 10.1 Å². The minimum absolute atomic E-state index is 0.199. The Morgan fingerprint density at radius 3 is 2.70 bits per heavy atom. The summed E-state index contributed by atoms with van der Waals surface area (Å²) >= 11 is 0. The predicted octanol–water partition coefficient (Wildman–Crippen LogP) is 2.64. The molecule has 0 heterocycles. The molecule has 5 heteroatoms. The van der Waals surface area contributed by atoms with Crippen LogP contribution in [0.1, 0.15) is 46.5 Å². The van der Waals surface area contributed by atoms with Crippen LogP contribution in [0.3, 0.4) is 0 Å². The first-order valence-electron chi connectivity index (χ1n) is 6.95. The quantitative estimate of drug-likeness (QED) is 0.781. The summed E-state index contributed by atoms with van der Waals surface area (Å²) in [7, 11) is 0. The highest BCUT2D eigenvalue weighted by atomic mass is 16.6. The number of hydrogen-bond donors (Lipinski definition) is 2. The number of amides is 2. The summed E-state index contributed by atoms with van der Waals surface area (Å²) in [5, 5.41) is 5.58. The van der Waals surface area contributed by atoms with Crippen LogP contribution in [0.2, 0.25) is 0 Å². The van der Waals surface area contributed by atoms with Crippen LogP contribution in [0, 0.1) is 0 Å². The van der Waals surface area contributed by atoms with Crippen molar-refractivity contribution in [3.8, 4) is 0 Å². The summed E-state index contributed by atoms with van der Waals surface area (Å²) in [5.74, 6) is -0.242. The summed E-state index contributed by atoms with van der Waals surface area (Å²) in [6, 6.07) is -0.199. The van der Waals surface area contributed by atoms with Gasteiger partial charge in [-0.25, -0.2) is 4.79 Å². The SMILES string of the molecule is C=CC(=O)N[C@H]1CCCCC=C1NC(=O)OC(C)(C)C.